The lowest BCUT2D eigenvalue weighted by atomic mass is 9.99. The van der Waals surface area contributed by atoms with E-state index >= 15 is 0 Å². The van der Waals surface area contributed by atoms with Gasteiger partial charge in [0.2, 0.25) is 11.8 Å². The highest BCUT2D eigenvalue weighted by molar-refractivity contribution is 6.02. The fraction of sp³-hybridized carbons (Fsp3) is 0.375. The molecule has 0 radical (unpaired) electrons. The van der Waals surface area contributed by atoms with Crippen LogP contribution in [0.4, 0.5) is 21.9 Å². The van der Waals surface area contributed by atoms with E-state index in [0.717, 1.165) is 35.9 Å². The Morgan fingerprint density at radius 3 is 2.09 bits per heavy atom. The van der Waals surface area contributed by atoms with Crippen LogP contribution in [0.3, 0.4) is 0 Å². The van der Waals surface area contributed by atoms with Crippen molar-refractivity contribution in [2.24, 2.45) is 5.92 Å². The van der Waals surface area contributed by atoms with E-state index < -0.39 is 17.8 Å². The van der Waals surface area contributed by atoms with Crippen molar-refractivity contribution >= 4 is 34.9 Å². The number of piperazine rings is 1. The first kappa shape index (κ1) is 21.7. The molecule has 2 aliphatic heterocycles. The third-order valence-corrected chi connectivity index (χ3v) is 5.94. The number of hydrogen-bond donors (Lipinski definition) is 3. The first-order valence-electron chi connectivity index (χ1n) is 11.0. The third-order valence-electron chi connectivity index (χ3n) is 5.94. The van der Waals surface area contributed by atoms with Crippen molar-refractivity contribution in [1.29, 1.82) is 0 Å². The normalized spacial score (nSPS) is 17.2. The monoisotopic (exact) mass is 435 g/mol. The minimum absolute atomic E-state index is 0.115. The number of nitrogens with one attached hydrogen (secondary N) is 3. The Morgan fingerprint density at radius 1 is 0.938 bits per heavy atom. The zero-order chi connectivity index (χ0) is 22.5. The molecule has 2 fully saturated rings. The summed E-state index contributed by atoms with van der Waals surface area (Å²) in [4.78, 5) is 38.6. The molecule has 0 unspecified atom stereocenters. The summed E-state index contributed by atoms with van der Waals surface area (Å²) in [5, 5.41) is 8.32. The van der Waals surface area contributed by atoms with Crippen molar-refractivity contribution in [3.63, 3.8) is 0 Å². The average molecular weight is 436 g/mol. The Kier molecular flexibility index (Phi) is 6.58. The number of urea groups is 1. The van der Waals surface area contributed by atoms with Crippen LogP contribution in [0.15, 0.2) is 48.5 Å². The molecule has 32 heavy (non-hydrogen) atoms. The van der Waals surface area contributed by atoms with Crippen LogP contribution in [0.2, 0.25) is 0 Å². The lowest BCUT2D eigenvalue weighted by Crippen LogP contribution is -2.55. The number of rotatable bonds is 5. The maximum atomic E-state index is 12.2. The molecule has 2 aromatic carbocycles. The van der Waals surface area contributed by atoms with Gasteiger partial charge in [-0.3, -0.25) is 14.9 Å². The van der Waals surface area contributed by atoms with E-state index in [1.54, 1.807) is 0 Å². The molecular formula is C24H29N5O3. The summed E-state index contributed by atoms with van der Waals surface area (Å²) in [6.07, 6.45) is 2.50. The van der Waals surface area contributed by atoms with E-state index in [2.05, 4.69) is 52.0 Å². The topological polar surface area (TPSA) is 93.8 Å². The predicted molar refractivity (Wildman–Crippen MR) is 124 cm³/mol. The molecule has 0 spiro atoms. The van der Waals surface area contributed by atoms with Crippen molar-refractivity contribution < 1.29 is 14.4 Å². The quantitative estimate of drug-likeness (QED) is 0.628. The Labute approximate surface area is 188 Å². The van der Waals surface area contributed by atoms with E-state index in [-0.39, 0.29) is 13.1 Å². The maximum absolute atomic E-state index is 12.2. The van der Waals surface area contributed by atoms with E-state index in [9.17, 15) is 14.4 Å². The highest BCUT2D eigenvalue weighted by Gasteiger charge is 2.26. The molecule has 0 atom stereocenters. The molecule has 4 amide bonds. The van der Waals surface area contributed by atoms with Gasteiger partial charge >= 0.3 is 6.03 Å². The van der Waals surface area contributed by atoms with Gasteiger partial charge in [-0.2, -0.15) is 0 Å². The van der Waals surface area contributed by atoms with Gasteiger partial charge in [-0.1, -0.05) is 19.1 Å². The Hall–Kier alpha value is -3.55. The van der Waals surface area contributed by atoms with E-state index in [4.69, 9.17) is 0 Å². The molecular weight excluding hydrogens is 406 g/mol. The molecule has 2 aromatic rings. The van der Waals surface area contributed by atoms with Crippen molar-refractivity contribution in [3.05, 3.63) is 54.1 Å². The smallest absolute Gasteiger partial charge is 0.318 e. The van der Waals surface area contributed by atoms with Crippen LogP contribution in [0, 0.1) is 5.92 Å². The fourth-order valence-electron chi connectivity index (χ4n) is 3.97. The largest absolute Gasteiger partial charge is 0.372 e. The van der Waals surface area contributed by atoms with Gasteiger partial charge in [-0.05, 0) is 60.7 Å². The predicted octanol–water partition coefficient (Wildman–Crippen LogP) is 2.83. The van der Waals surface area contributed by atoms with Crippen molar-refractivity contribution in [3.8, 4) is 0 Å². The summed E-state index contributed by atoms with van der Waals surface area (Å²) in [6.45, 7) is 4.64. The number of carbonyl (C=O) groups is 3. The molecule has 2 aliphatic rings. The zero-order valence-corrected chi connectivity index (χ0v) is 18.3. The van der Waals surface area contributed by atoms with Crippen LogP contribution in [-0.2, 0) is 16.1 Å². The van der Waals surface area contributed by atoms with Gasteiger partial charge in [0, 0.05) is 36.7 Å². The van der Waals surface area contributed by atoms with Gasteiger partial charge < -0.3 is 20.4 Å². The fourth-order valence-corrected chi connectivity index (χ4v) is 3.97. The van der Waals surface area contributed by atoms with Gasteiger partial charge in [0.25, 0.3) is 0 Å². The number of carbonyl (C=O) groups excluding carboxylic acids is 3. The summed E-state index contributed by atoms with van der Waals surface area (Å²) in [7, 11) is 0. The zero-order valence-electron chi connectivity index (χ0n) is 18.3. The van der Waals surface area contributed by atoms with E-state index in [1.807, 2.05) is 24.3 Å². The summed E-state index contributed by atoms with van der Waals surface area (Å²) >= 11 is 0. The summed E-state index contributed by atoms with van der Waals surface area (Å²) in [5.74, 6) is -0.116. The molecule has 0 aromatic heterocycles. The molecule has 0 bridgehead atoms. The Bertz CT molecular complexity index is 950. The number of benzene rings is 2. The second kappa shape index (κ2) is 9.72. The number of anilines is 3. The summed E-state index contributed by atoms with van der Waals surface area (Å²) in [5.41, 5.74) is 4.17. The Balaban J connectivity index is 1.27. The van der Waals surface area contributed by atoms with Gasteiger partial charge in [-0.25, -0.2) is 4.79 Å². The molecule has 8 heteroatoms. The molecule has 3 N–H and O–H groups in total. The molecule has 168 valence electrons. The maximum Gasteiger partial charge on any atom is 0.318 e. The van der Waals surface area contributed by atoms with Crippen LogP contribution in [0.1, 0.15) is 25.3 Å². The first-order chi connectivity index (χ1) is 15.5. The highest BCUT2D eigenvalue weighted by Crippen LogP contribution is 2.25. The Morgan fingerprint density at radius 2 is 1.50 bits per heavy atom. The molecule has 2 heterocycles. The lowest BCUT2D eigenvalue weighted by Gasteiger charge is -2.32. The molecule has 0 aliphatic carbocycles. The molecule has 4 rings (SSSR count). The number of piperidine rings is 1. The summed E-state index contributed by atoms with van der Waals surface area (Å²) < 4.78 is 0. The van der Waals surface area contributed by atoms with Gasteiger partial charge in [0.15, 0.2) is 0 Å². The van der Waals surface area contributed by atoms with Gasteiger partial charge in [0.1, 0.15) is 13.1 Å². The molecule has 2 saturated heterocycles. The number of imide groups is 1. The van der Waals surface area contributed by atoms with Crippen LogP contribution in [0.5, 0.6) is 0 Å². The van der Waals surface area contributed by atoms with Gasteiger partial charge in [0.05, 0.1) is 0 Å². The standard InChI is InChI=1S/C24H29N5O3/c1-17-10-12-28(13-11-17)21-8-6-20(7-9-21)26-19-4-2-18(3-5-19)14-25-24(32)29-15-22(30)27-23(31)16-29/h2-9,17,26H,10-16H2,1H3,(H,25,32)(H,27,30,31). The summed E-state index contributed by atoms with van der Waals surface area (Å²) in [6, 6.07) is 15.9. The average Bonchev–Trinajstić information content (AvgIpc) is 2.79. The first-order valence-corrected chi connectivity index (χ1v) is 11.0. The third kappa shape index (κ3) is 5.57. The minimum atomic E-state index is -0.467. The van der Waals surface area contributed by atoms with Crippen molar-refractivity contribution in [2.45, 2.75) is 26.3 Å². The minimum Gasteiger partial charge on any atom is -0.372 e. The van der Waals surface area contributed by atoms with E-state index in [0.29, 0.717) is 6.54 Å². The SMILES string of the molecule is CC1CCN(c2ccc(Nc3ccc(CNC(=O)N4CC(=O)NC(=O)C4)cc3)cc2)CC1. The number of amides is 4. The van der Waals surface area contributed by atoms with Crippen LogP contribution in [0.25, 0.3) is 0 Å². The van der Waals surface area contributed by atoms with Crippen LogP contribution in [-0.4, -0.2) is 48.9 Å². The second-order valence-electron chi connectivity index (χ2n) is 8.52. The van der Waals surface area contributed by atoms with Crippen LogP contribution >= 0.6 is 0 Å². The lowest BCUT2D eigenvalue weighted by molar-refractivity contribution is -0.134. The van der Waals surface area contributed by atoms with Gasteiger partial charge in [-0.15, -0.1) is 0 Å². The molecule has 0 saturated carbocycles. The highest BCUT2D eigenvalue weighted by atomic mass is 16.2. The van der Waals surface area contributed by atoms with Crippen LogP contribution < -0.4 is 20.9 Å². The van der Waals surface area contributed by atoms with Crippen molar-refractivity contribution in [1.82, 2.24) is 15.5 Å². The second-order valence-corrected chi connectivity index (χ2v) is 8.52. The molecule has 8 nitrogen and oxygen atoms in total. The number of nitrogens with zero attached hydrogens (tertiary/aromatic N) is 2. The van der Waals surface area contributed by atoms with Crippen molar-refractivity contribution in [2.75, 3.05) is 36.4 Å². The number of hydrogen-bond acceptors (Lipinski definition) is 5. The van der Waals surface area contributed by atoms with E-state index in [1.165, 1.54) is 23.4 Å².